The molecular weight excluding hydrogens is 420 g/mol. The maximum absolute atomic E-state index is 12.2. The second-order valence-electron chi connectivity index (χ2n) is 6.58. The van der Waals surface area contributed by atoms with Crippen molar-refractivity contribution in [2.24, 2.45) is 0 Å². The van der Waals surface area contributed by atoms with Crippen LogP contribution in [0.25, 0.3) is 6.08 Å². The molecule has 8 heteroatoms. The zero-order valence-electron chi connectivity index (χ0n) is 15.2. The van der Waals surface area contributed by atoms with E-state index < -0.39 is 17.7 Å². The topological polar surface area (TPSA) is 80.3 Å². The molecule has 2 saturated heterocycles. The lowest BCUT2D eigenvalue weighted by Gasteiger charge is -2.29. The summed E-state index contributed by atoms with van der Waals surface area (Å²) in [5.41, 5.74) is 0.370. The smallest absolute Gasteiger partial charge is 0.348 e. The number of rotatable bonds is 5. The molecule has 7 nitrogen and oxygen atoms in total. The molecule has 0 spiro atoms. The van der Waals surface area contributed by atoms with E-state index in [1.807, 2.05) is 6.07 Å². The summed E-state index contributed by atoms with van der Waals surface area (Å²) in [4.78, 5) is 24.3. The first-order chi connectivity index (χ1) is 12.8. The van der Waals surface area contributed by atoms with Gasteiger partial charge in [0.2, 0.25) is 0 Å². The van der Waals surface area contributed by atoms with Gasteiger partial charge in [-0.1, -0.05) is 15.9 Å². The number of benzene rings is 1. The summed E-state index contributed by atoms with van der Waals surface area (Å²) < 4.78 is 27.8. The minimum Gasteiger partial charge on any atom is -0.493 e. The number of cyclic esters (lactones) is 2. The molecule has 1 aromatic carbocycles. The van der Waals surface area contributed by atoms with Gasteiger partial charge in [-0.05, 0) is 30.7 Å². The van der Waals surface area contributed by atoms with Gasteiger partial charge in [-0.15, -0.1) is 0 Å². The zero-order chi connectivity index (χ0) is 19.4. The number of carbonyl (C=O) groups excluding carboxylic acids is 2. The predicted molar refractivity (Wildman–Crippen MR) is 98.8 cm³/mol. The van der Waals surface area contributed by atoms with E-state index in [1.54, 1.807) is 12.1 Å². The average Bonchev–Trinajstić information content (AvgIpc) is 2.60. The summed E-state index contributed by atoms with van der Waals surface area (Å²) >= 11 is 3.38. The van der Waals surface area contributed by atoms with Crippen molar-refractivity contribution in [3.05, 3.63) is 33.8 Å². The third kappa shape index (κ3) is 5.31. The summed E-state index contributed by atoms with van der Waals surface area (Å²) in [6.45, 7) is 4.73. The van der Waals surface area contributed by atoms with E-state index in [4.69, 9.17) is 23.7 Å². The lowest BCUT2D eigenvalue weighted by atomic mass is 10.1. The predicted octanol–water partition coefficient (Wildman–Crippen LogP) is 3.20. The Hall–Kier alpha value is -1.90. The van der Waals surface area contributed by atoms with E-state index in [2.05, 4.69) is 15.9 Å². The Morgan fingerprint density at radius 2 is 1.85 bits per heavy atom. The van der Waals surface area contributed by atoms with Gasteiger partial charge in [0.05, 0.1) is 19.8 Å². The molecule has 0 bridgehead atoms. The summed E-state index contributed by atoms with van der Waals surface area (Å²) in [5, 5.41) is 0. The standard InChI is InChI=1S/C19H21BrO7/c1-19(2)26-17(21)14(18(22)27-19)11-12-10-13(20)4-5-15(12)23-9-6-16-24-7-3-8-25-16/h4-5,10-11,16H,3,6-9H2,1-2H3. The molecule has 3 rings (SSSR count). The van der Waals surface area contributed by atoms with Crippen LogP contribution in [0.1, 0.15) is 32.3 Å². The number of hydrogen-bond donors (Lipinski definition) is 0. The van der Waals surface area contributed by atoms with Gasteiger partial charge in [0.15, 0.2) is 6.29 Å². The molecule has 0 aliphatic carbocycles. The quantitative estimate of drug-likeness (QED) is 0.395. The maximum Gasteiger partial charge on any atom is 0.348 e. The minimum atomic E-state index is -1.28. The number of hydrogen-bond acceptors (Lipinski definition) is 7. The van der Waals surface area contributed by atoms with Crippen LogP contribution in [0.2, 0.25) is 0 Å². The van der Waals surface area contributed by atoms with Crippen LogP contribution in [0.15, 0.2) is 28.2 Å². The van der Waals surface area contributed by atoms with Crippen LogP contribution in [0.3, 0.4) is 0 Å². The molecule has 0 atom stereocenters. The van der Waals surface area contributed by atoms with Crippen LogP contribution in [0.4, 0.5) is 0 Å². The van der Waals surface area contributed by atoms with E-state index in [-0.39, 0.29) is 11.9 Å². The minimum absolute atomic E-state index is 0.184. The molecule has 0 N–H and O–H groups in total. The molecule has 0 amide bonds. The number of halogens is 1. The van der Waals surface area contributed by atoms with E-state index in [1.165, 1.54) is 19.9 Å². The number of carbonyl (C=O) groups is 2. The Labute approximate surface area is 165 Å². The zero-order valence-corrected chi connectivity index (χ0v) is 16.7. The first-order valence-corrected chi connectivity index (χ1v) is 9.47. The van der Waals surface area contributed by atoms with Crippen LogP contribution in [0.5, 0.6) is 5.75 Å². The SMILES string of the molecule is CC1(C)OC(=O)C(=Cc2cc(Br)ccc2OCCC2OCCCO2)C(=O)O1. The highest BCUT2D eigenvalue weighted by molar-refractivity contribution is 9.10. The van der Waals surface area contributed by atoms with Crippen LogP contribution in [-0.2, 0) is 28.5 Å². The van der Waals surface area contributed by atoms with Gasteiger partial charge >= 0.3 is 11.9 Å². The molecule has 1 aromatic rings. The molecule has 0 saturated carbocycles. The molecule has 27 heavy (non-hydrogen) atoms. The largest absolute Gasteiger partial charge is 0.493 e. The highest BCUT2D eigenvalue weighted by Crippen LogP contribution is 2.29. The van der Waals surface area contributed by atoms with Crippen molar-refractivity contribution in [2.45, 2.75) is 38.8 Å². The lowest BCUT2D eigenvalue weighted by Crippen LogP contribution is -2.41. The fourth-order valence-corrected chi connectivity index (χ4v) is 3.04. The fourth-order valence-electron chi connectivity index (χ4n) is 2.67. The van der Waals surface area contributed by atoms with Gasteiger partial charge in [0.25, 0.3) is 5.79 Å². The Bertz CT molecular complexity index is 728. The molecule has 2 aliphatic rings. The van der Waals surface area contributed by atoms with Crippen LogP contribution in [0, 0.1) is 0 Å². The van der Waals surface area contributed by atoms with Crippen molar-refractivity contribution in [1.29, 1.82) is 0 Å². The van der Waals surface area contributed by atoms with Crippen molar-refractivity contribution in [1.82, 2.24) is 0 Å². The maximum atomic E-state index is 12.2. The summed E-state index contributed by atoms with van der Waals surface area (Å²) in [6.07, 6.45) is 2.60. The Morgan fingerprint density at radius 1 is 1.19 bits per heavy atom. The van der Waals surface area contributed by atoms with Crippen molar-refractivity contribution in [2.75, 3.05) is 19.8 Å². The van der Waals surface area contributed by atoms with Crippen LogP contribution in [-0.4, -0.2) is 43.8 Å². The van der Waals surface area contributed by atoms with Gasteiger partial charge in [-0.25, -0.2) is 9.59 Å². The molecule has 2 fully saturated rings. The summed E-state index contributed by atoms with van der Waals surface area (Å²) in [6, 6.07) is 5.31. The van der Waals surface area contributed by atoms with E-state index in [0.717, 1.165) is 10.9 Å². The second-order valence-corrected chi connectivity index (χ2v) is 7.50. The van der Waals surface area contributed by atoms with Gasteiger partial charge in [-0.3, -0.25) is 0 Å². The van der Waals surface area contributed by atoms with E-state index in [0.29, 0.717) is 37.6 Å². The molecule has 0 radical (unpaired) electrons. The third-order valence-electron chi connectivity index (χ3n) is 3.90. The summed E-state index contributed by atoms with van der Waals surface area (Å²) in [5.74, 6) is -2.22. The number of ether oxygens (including phenoxy) is 5. The third-order valence-corrected chi connectivity index (χ3v) is 4.39. The van der Waals surface area contributed by atoms with Crippen molar-refractivity contribution in [3.63, 3.8) is 0 Å². The first-order valence-electron chi connectivity index (χ1n) is 8.68. The Kier molecular flexibility index (Phi) is 6.18. The van der Waals surface area contributed by atoms with Gasteiger partial charge in [0, 0.05) is 30.3 Å². The molecule has 2 aliphatic heterocycles. The van der Waals surface area contributed by atoms with E-state index in [9.17, 15) is 9.59 Å². The number of esters is 2. The summed E-state index contributed by atoms with van der Waals surface area (Å²) in [7, 11) is 0. The lowest BCUT2D eigenvalue weighted by molar-refractivity contribution is -0.222. The van der Waals surface area contributed by atoms with Crippen LogP contribution >= 0.6 is 15.9 Å². The van der Waals surface area contributed by atoms with Crippen molar-refractivity contribution in [3.8, 4) is 5.75 Å². The molecular formula is C19H21BrO7. The van der Waals surface area contributed by atoms with Gasteiger partial charge < -0.3 is 23.7 Å². The fraction of sp³-hybridized carbons (Fsp3) is 0.474. The van der Waals surface area contributed by atoms with Crippen molar-refractivity contribution >= 4 is 33.9 Å². The van der Waals surface area contributed by atoms with Gasteiger partial charge in [-0.2, -0.15) is 0 Å². The Morgan fingerprint density at radius 3 is 2.52 bits per heavy atom. The highest BCUT2D eigenvalue weighted by Gasteiger charge is 2.39. The van der Waals surface area contributed by atoms with Gasteiger partial charge in [0.1, 0.15) is 11.3 Å². The van der Waals surface area contributed by atoms with E-state index >= 15 is 0 Å². The normalized spacial score (nSPS) is 20.0. The second kappa shape index (κ2) is 8.41. The van der Waals surface area contributed by atoms with Crippen LogP contribution < -0.4 is 4.74 Å². The van der Waals surface area contributed by atoms with Crippen molar-refractivity contribution < 1.29 is 33.3 Å². The molecule has 0 unspecified atom stereocenters. The monoisotopic (exact) mass is 440 g/mol. The Balaban J connectivity index is 1.73. The average molecular weight is 441 g/mol. The first kappa shape index (κ1) is 19.9. The molecule has 2 heterocycles. The highest BCUT2D eigenvalue weighted by atomic mass is 79.9. The molecule has 0 aromatic heterocycles. The molecule has 146 valence electrons.